The summed E-state index contributed by atoms with van der Waals surface area (Å²) in [4.78, 5) is 4.56. The Hall–Kier alpha value is -1.42. The predicted octanol–water partition coefficient (Wildman–Crippen LogP) is 2.84. The van der Waals surface area contributed by atoms with Gasteiger partial charge in [-0.25, -0.2) is 0 Å². The molecule has 0 spiro atoms. The van der Waals surface area contributed by atoms with Crippen LogP contribution < -0.4 is 15.4 Å². The Morgan fingerprint density at radius 1 is 1.10 bits per heavy atom. The lowest BCUT2D eigenvalue weighted by Crippen LogP contribution is -2.27. The van der Waals surface area contributed by atoms with Gasteiger partial charge in [-0.1, -0.05) is 6.92 Å². The second kappa shape index (κ2) is 8.69. The van der Waals surface area contributed by atoms with Gasteiger partial charge in [0.25, 0.3) is 0 Å². The molecule has 0 saturated heterocycles. The van der Waals surface area contributed by atoms with Gasteiger partial charge in [-0.15, -0.1) is 0 Å². The van der Waals surface area contributed by atoms with Crippen molar-refractivity contribution in [2.75, 3.05) is 51.0 Å². The summed E-state index contributed by atoms with van der Waals surface area (Å²) in [6.07, 6.45) is 2.14. The zero-order valence-corrected chi connectivity index (χ0v) is 13.4. The molecule has 1 rings (SSSR count). The average Bonchev–Trinajstić information content (AvgIpc) is 2.40. The summed E-state index contributed by atoms with van der Waals surface area (Å²) < 4.78 is 5.70. The Morgan fingerprint density at radius 2 is 1.85 bits per heavy atom. The molecule has 0 heterocycles. The number of anilines is 2. The number of nitrogens with zero attached hydrogens (tertiary/aromatic N) is 2. The highest BCUT2D eigenvalue weighted by atomic mass is 16.5. The zero-order valence-electron chi connectivity index (χ0n) is 13.4. The first-order valence-electron chi connectivity index (χ1n) is 7.49. The highest BCUT2D eigenvalue weighted by Gasteiger charge is 2.07. The number of benzene rings is 1. The Bertz CT molecular complexity index is 393. The van der Waals surface area contributed by atoms with Crippen LogP contribution in [0.1, 0.15) is 26.7 Å². The number of nitrogens with two attached hydrogens (primary N) is 1. The van der Waals surface area contributed by atoms with E-state index in [0.29, 0.717) is 0 Å². The van der Waals surface area contributed by atoms with Gasteiger partial charge in [0.05, 0.1) is 6.61 Å². The van der Waals surface area contributed by atoms with Crippen LogP contribution in [0.5, 0.6) is 5.75 Å². The third-order valence-electron chi connectivity index (χ3n) is 3.17. The van der Waals surface area contributed by atoms with E-state index in [1.54, 1.807) is 0 Å². The molecular weight excluding hydrogens is 250 g/mol. The van der Waals surface area contributed by atoms with E-state index in [-0.39, 0.29) is 0 Å². The summed E-state index contributed by atoms with van der Waals surface area (Å²) >= 11 is 0. The molecule has 0 fully saturated rings. The first-order valence-corrected chi connectivity index (χ1v) is 7.49. The van der Waals surface area contributed by atoms with Crippen LogP contribution in [0.15, 0.2) is 18.2 Å². The summed E-state index contributed by atoms with van der Waals surface area (Å²) in [6, 6.07) is 6.01. The largest absolute Gasteiger partial charge is 0.493 e. The normalized spacial score (nSPS) is 10.8. The van der Waals surface area contributed by atoms with Crippen molar-refractivity contribution in [1.82, 2.24) is 4.90 Å². The fourth-order valence-corrected chi connectivity index (χ4v) is 2.14. The summed E-state index contributed by atoms with van der Waals surface area (Å²) in [6.45, 7) is 8.11. The van der Waals surface area contributed by atoms with Crippen molar-refractivity contribution in [1.29, 1.82) is 0 Å². The van der Waals surface area contributed by atoms with E-state index in [9.17, 15) is 0 Å². The van der Waals surface area contributed by atoms with Crippen molar-refractivity contribution < 1.29 is 4.74 Å². The van der Waals surface area contributed by atoms with Crippen LogP contribution in [0.2, 0.25) is 0 Å². The van der Waals surface area contributed by atoms with Crippen LogP contribution in [0.25, 0.3) is 0 Å². The van der Waals surface area contributed by atoms with E-state index in [1.807, 2.05) is 12.1 Å². The molecule has 0 saturated carbocycles. The highest BCUT2D eigenvalue weighted by Crippen LogP contribution is 2.26. The topological polar surface area (TPSA) is 41.7 Å². The molecule has 0 aromatic heterocycles. The Kier molecular flexibility index (Phi) is 7.23. The summed E-state index contributed by atoms with van der Waals surface area (Å²) in [5.74, 6) is 0.868. The van der Waals surface area contributed by atoms with Gasteiger partial charge in [-0.3, -0.25) is 0 Å². The lowest BCUT2D eigenvalue weighted by atomic mass is 10.2. The molecule has 0 atom stereocenters. The standard InChI is InChI=1S/C16H29N3O/c1-5-10-20-16-12-14(17)11-15(13-16)19(6-2)9-7-8-18(3)4/h11-13H,5-10,17H2,1-4H3. The van der Waals surface area contributed by atoms with Crippen LogP contribution in [-0.4, -0.2) is 45.2 Å². The lowest BCUT2D eigenvalue weighted by Gasteiger charge is -2.25. The molecule has 0 aliphatic rings. The molecule has 4 nitrogen and oxygen atoms in total. The van der Waals surface area contributed by atoms with Crippen LogP contribution in [0.4, 0.5) is 11.4 Å². The monoisotopic (exact) mass is 279 g/mol. The average molecular weight is 279 g/mol. The molecule has 0 aliphatic heterocycles. The van der Waals surface area contributed by atoms with E-state index in [2.05, 4.69) is 43.8 Å². The third kappa shape index (κ3) is 5.70. The molecule has 1 aromatic carbocycles. The van der Waals surface area contributed by atoms with Gasteiger partial charge < -0.3 is 20.3 Å². The number of ether oxygens (including phenoxy) is 1. The maximum Gasteiger partial charge on any atom is 0.123 e. The molecule has 0 unspecified atom stereocenters. The maximum atomic E-state index is 5.99. The van der Waals surface area contributed by atoms with Crippen LogP contribution >= 0.6 is 0 Å². The van der Waals surface area contributed by atoms with Crippen molar-refractivity contribution >= 4 is 11.4 Å². The van der Waals surface area contributed by atoms with Gasteiger partial charge >= 0.3 is 0 Å². The Morgan fingerprint density at radius 3 is 2.45 bits per heavy atom. The van der Waals surface area contributed by atoms with Crippen molar-refractivity contribution in [3.05, 3.63) is 18.2 Å². The summed E-state index contributed by atoms with van der Waals surface area (Å²) in [5, 5.41) is 0. The van der Waals surface area contributed by atoms with E-state index >= 15 is 0 Å². The number of hydrogen-bond donors (Lipinski definition) is 1. The fourth-order valence-electron chi connectivity index (χ4n) is 2.14. The van der Waals surface area contributed by atoms with Crippen LogP contribution in [-0.2, 0) is 0 Å². The molecule has 0 radical (unpaired) electrons. The first kappa shape index (κ1) is 16.6. The van der Waals surface area contributed by atoms with Crippen LogP contribution in [0.3, 0.4) is 0 Å². The molecule has 4 heteroatoms. The quantitative estimate of drug-likeness (QED) is 0.706. The van der Waals surface area contributed by atoms with Crippen molar-refractivity contribution in [3.63, 3.8) is 0 Å². The summed E-state index contributed by atoms with van der Waals surface area (Å²) in [5.41, 5.74) is 7.90. The second-order valence-electron chi connectivity index (χ2n) is 5.35. The van der Waals surface area contributed by atoms with E-state index in [1.165, 1.54) is 0 Å². The minimum atomic E-state index is 0.732. The minimum Gasteiger partial charge on any atom is -0.493 e. The first-order chi connectivity index (χ1) is 9.56. The molecular formula is C16H29N3O. The molecule has 0 amide bonds. The SMILES string of the molecule is CCCOc1cc(N)cc(N(CC)CCCN(C)C)c1. The lowest BCUT2D eigenvalue weighted by molar-refractivity contribution is 0.317. The van der Waals surface area contributed by atoms with Crippen molar-refractivity contribution in [3.8, 4) is 5.75 Å². The maximum absolute atomic E-state index is 5.99. The zero-order chi connectivity index (χ0) is 15.0. The number of nitrogen functional groups attached to an aromatic ring is 1. The number of rotatable bonds is 9. The van der Waals surface area contributed by atoms with Gasteiger partial charge in [0.2, 0.25) is 0 Å². The molecule has 20 heavy (non-hydrogen) atoms. The fraction of sp³-hybridized carbons (Fsp3) is 0.625. The predicted molar refractivity (Wildman–Crippen MR) is 87.7 cm³/mol. The van der Waals surface area contributed by atoms with Crippen molar-refractivity contribution in [2.24, 2.45) is 0 Å². The summed E-state index contributed by atoms with van der Waals surface area (Å²) in [7, 11) is 4.21. The van der Waals surface area contributed by atoms with E-state index in [0.717, 1.165) is 56.2 Å². The smallest absolute Gasteiger partial charge is 0.123 e. The van der Waals surface area contributed by atoms with Gasteiger partial charge in [-0.2, -0.15) is 0 Å². The minimum absolute atomic E-state index is 0.732. The van der Waals surface area contributed by atoms with Gasteiger partial charge in [0.1, 0.15) is 5.75 Å². The van der Waals surface area contributed by atoms with Crippen molar-refractivity contribution in [2.45, 2.75) is 26.7 Å². The van der Waals surface area contributed by atoms with E-state index in [4.69, 9.17) is 10.5 Å². The second-order valence-corrected chi connectivity index (χ2v) is 5.35. The number of hydrogen-bond acceptors (Lipinski definition) is 4. The van der Waals surface area contributed by atoms with E-state index < -0.39 is 0 Å². The Labute approximate surface area is 123 Å². The van der Waals surface area contributed by atoms with Gasteiger partial charge in [0.15, 0.2) is 0 Å². The van der Waals surface area contributed by atoms with Gasteiger partial charge in [-0.05, 0) is 46.5 Å². The van der Waals surface area contributed by atoms with Gasteiger partial charge in [0, 0.05) is 36.6 Å². The molecule has 1 aromatic rings. The third-order valence-corrected chi connectivity index (χ3v) is 3.17. The molecule has 114 valence electrons. The molecule has 0 bridgehead atoms. The molecule has 0 aliphatic carbocycles. The van der Waals surface area contributed by atoms with Crippen LogP contribution in [0, 0.1) is 0 Å². The highest BCUT2D eigenvalue weighted by molar-refractivity contribution is 5.60. The Balaban J connectivity index is 2.72. The molecule has 2 N–H and O–H groups in total.